The number of likely N-dealkylation sites (tertiary alicyclic amines) is 1. The first-order valence-corrected chi connectivity index (χ1v) is 6.76. The van der Waals surface area contributed by atoms with Crippen LogP contribution >= 0.6 is 0 Å². The third kappa shape index (κ3) is 5.28. The summed E-state index contributed by atoms with van der Waals surface area (Å²) >= 11 is 0. The van der Waals surface area contributed by atoms with E-state index < -0.39 is 0 Å². The molecule has 1 fully saturated rings. The smallest absolute Gasteiger partial charge is 0.0477 e. The van der Waals surface area contributed by atoms with Crippen LogP contribution in [-0.2, 0) is 4.74 Å². The monoisotopic (exact) mass is 228 g/mol. The predicted molar refractivity (Wildman–Crippen MR) is 68.8 cm³/mol. The maximum absolute atomic E-state index is 5.30. The van der Waals surface area contributed by atoms with Crippen LogP contribution in [0.25, 0.3) is 0 Å². The Kier molecular flexibility index (Phi) is 7.01. The average Bonchev–Trinajstić information content (AvgIpc) is 2.70. The van der Waals surface area contributed by atoms with E-state index in [1.807, 2.05) is 6.92 Å². The Hall–Kier alpha value is -0.120. The summed E-state index contributed by atoms with van der Waals surface area (Å²) in [6, 6.07) is 0.678. The fourth-order valence-electron chi connectivity index (χ4n) is 2.25. The van der Waals surface area contributed by atoms with Crippen molar-refractivity contribution in [1.82, 2.24) is 10.2 Å². The minimum absolute atomic E-state index is 0.678. The van der Waals surface area contributed by atoms with Crippen molar-refractivity contribution in [3.8, 4) is 0 Å². The van der Waals surface area contributed by atoms with Gasteiger partial charge in [0.25, 0.3) is 0 Å². The topological polar surface area (TPSA) is 24.5 Å². The van der Waals surface area contributed by atoms with Gasteiger partial charge in [0.15, 0.2) is 0 Å². The molecule has 16 heavy (non-hydrogen) atoms. The third-order valence-corrected chi connectivity index (χ3v) is 3.36. The normalized spacial score (nSPS) is 23.8. The molecule has 0 radical (unpaired) electrons. The second-order valence-corrected chi connectivity index (χ2v) is 4.99. The van der Waals surface area contributed by atoms with Crippen molar-refractivity contribution in [2.24, 2.45) is 5.92 Å². The number of hydrogen-bond acceptors (Lipinski definition) is 3. The van der Waals surface area contributed by atoms with Gasteiger partial charge in [-0.3, -0.25) is 4.90 Å². The van der Waals surface area contributed by atoms with Gasteiger partial charge < -0.3 is 10.1 Å². The van der Waals surface area contributed by atoms with Crippen molar-refractivity contribution in [2.45, 2.75) is 39.7 Å². The molecular formula is C13H28N2O. The van der Waals surface area contributed by atoms with E-state index in [0.717, 1.165) is 38.6 Å². The summed E-state index contributed by atoms with van der Waals surface area (Å²) in [5.41, 5.74) is 0. The molecule has 3 heteroatoms. The van der Waals surface area contributed by atoms with E-state index in [1.54, 1.807) is 0 Å². The molecule has 0 bridgehead atoms. The molecule has 1 saturated heterocycles. The highest BCUT2D eigenvalue weighted by atomic mass is 16.5. The molecule has 1 N–H and O–H groups in total. The number of nitrogens with one attached hydrogen (secondary N) is 1. The van der Waals surface area contributed by atoms with E-state index in [-0.39, 0.29) is 0 Å². The average molecular weight is 228 g/mol. The number of ether oxygens (including phenoxy) is 1. The fourth-order valence-corrected chi connectivity index (χ4v) is 2.25. The minimum atomic E-state index is 0.678. The molecule has 1 aliphatic rings. The number of hydrogen-bond donors (Lipinski definition) is 1. The van der Waals surface area contributed by atoms with Gasteiger partial charge in [0.05, 0.1) is 0 Å². The molecule has 0 spiro atoms. The molecule has 1 aliphatic heterocycles. The molecule has 3 nitrogen and oxygen atoms in total. The Morgan fingerprint density at radius 1 is 1.50 bits per heavy atom. The van der Waals surface area contributed by atoms with Crippen molar-refractivity contribution in [2.75, 3.05) is 39.4 Å². The highest BCUT2D eigenvalue weighted by Crippen LogP contribution is 2.17. The van der Waals surface area contributed by atoms with Gasteiger partial charge >= 0.3 is 0 Å². The summed E-state index contributed by atoms with van der Waals surface area (Å²) < 4.78 is 5.30. The third-order valence-electron chi connectivity index (χ3n) is 3.36. The summed E-state index contributed by atoms with van der Waals surface area (Å²) in [7, 11) is 0. The maximum Gasteiger partial charge on any atom is 0.0477 e. The van der Waals surface area contributed by atoms with Crippen LogP contribution in [-0.4, -0.2) is 50.3 Å². The molecule has 0 aliphatic carbocycles. The summed E-state index contributed by atoms with van der Waals surface area (Å²) in [4.78, 5) is 2.60. The van der Waals surface area contributed by atoms with Crippen molar-refractivity contribution >= 4 is 0 Å². The fraction of sp³-hybridized carbons (Fsp3) is 1.00. The van der Waals surface area contributed by atoms with E-state index in [4.69, 9.17) is 4.74 Å². The lowest BCUT2D eigenvalue weighted by Crippen LogP contribution is -2.39. The zero-order valence-corrected chi connectivity index (χ0v) is 11.2. The second-order valence-electron chi connectivity index (χ2n) is 4.99. The molecule has 0 aromatic carbocycles. The standard InChI is InChI=1S/C13H28N2O/c1-4-16-9-5-7-14-10-13(3)15-8-6-12(2)11-15/h12-14H,4-11H2,1-3H3. The van der Waals surface area contributed by atoms with E-state index in [2.05, 4.69) is 24.1 Å². The van der Waals surface area contributed by atoms with Gasteiger partial charge in [-0.05, 0) is 45.7 Å². The van der Waals surface area contributed by atoms with E-state index in [9.17, 15) is 0 Å². The molecule has 1 heterocycles. The summed E-state index contributed by atoms with van der Waals surface area (Å²) in [5, 5.41) is 3.51. The predicted octanol–water partition coefficient (Wildman–Crippen LogP) is 1.73. The minimum Gasteiger partial charge on any atom is -0.382 e. The van der Waals surface area contributed by atoms with Gasteiger partial charge in [0.2, 0.25) is 0 Å². The molecule has 2 unspecified atom stereocenters. The van der Waals surface area contributed by atoms with Crippen LogP contribution in [0.3, 0.4) is 0 Å². The SMILES string of the molecule is CCOCCCNCC(C)N1CCC(C)C1. The quantitative estimate of drug-likeness (QED) is 0.640. The first kappa shape index (κ1) is 13.9. The van der Waals surface area contributed by atoms with E-state index in [0.29, 0.717) is 6.04 Å². The lowest BCUT2D eigenvalue weighted by Gasteiger charge is -2.24. The zero-order valence-electron chi connectivity index (χ0n) is 11.2. The molecule has 2 atom stereocenters. The van der Waals surface area contributed by atoms with Crippen LogP contribution in [0.4, 0.5) is 0 Å². The van der Waals surface area contributed by atoms with Gasteiger partial charge in [-0.1, -0.05) is 6.92 Å². The van der Waals surface area contributed by atoms with Crippen molar-refractivity contribution < 1.29 is 4.74 Å². The Bertz CT molecular complexity index is 175. The maximum atomic E-state index is 5.30. The molecule has 0 aromatic heterocycles. The van der Waals surface area contributed by atoms with Crippen molar-refractivity contribution in [3.63, 3.8) is 0 Å². The number of rotatable bonds is 8. The second kappa shape index (κ2) is 8.04. The van der Waals surface area contributed by atoms with Crippen LogP contribution in [0.5, 0.6) is 0 Å². The summed E-state index contributed by atoms with van der Waals surface area (Å²) in [6.45, 7) is 13.2. The van der Waals surface area contributed by atoms with E-state index >= 15 is 0 Å². The van der Waals surface area contributed by atoms with Crippen LogP contribution in [0, 0.1) is 5.92 Å². The summed E-state index contributed by atoms with van der Waals surface area (Å²) in [5.74, 6) is 0.889. The molecule has 0 saturated carbocycles. The van der Waals surface area contributed by atoms with Gasteiger partial charge in [-0.15, -0.1) is 0 Å². The Labute approximate surface area is 101 Å². The van der Waals surface area contributed by atoms with Gasteiger partial charge in [-0.25, -0.2) is 0 Å². The Morgan fingerprint density at radius 2 is 2.31 bits per heavy atom. The van der Waals surface area contributed by atoms with Crippen LogP contribution in [0.15, 0.2) is 0 Å². The molecule has 0 aromatic rings. The van der Waals surface area contributed by atoms with Gasteiger partial charge in [0, 0.05) is 32.3 Å². The van der Waals surface area contributed by atoms with Gasteiger partial charge in [-0.2, -0.15) is 0 Å². The van der Waals surface area contributed by atoms with Crippen molar-refractivity contribution in [1.29, 1.82) is 0 Å². The zero-order chi connectivity index (χ0) is 11.8. The highest BCUT2D eigenvalue weighted by Gasteiger charge is 2.22. The van der Waals surface area contributed by atoms with Crippen LogP contribution in [0.2, 0.25) is 0 Å². The number of nitrogens with zero attached hydrogens (tertiary/aromatic N) is 1. The first-order chi connectivity index (χ1) is 7.74. The largest absolute Gasteiger partial charge is 0.382 e. The molecule has 96 valence electrons. The van der Waals surface area contributed by atoms with E-state index in [1.165, 1.54) is 19.5 Å². The lowest BCUT2D eigenvalue weighted by molar-refractivity contribution is 0.144. The van der Waals surface area contributed by atoms with Gasteiger partial charge in [0.1, 0.15) is 0 Å². The highest BCUT2D eigenvalue weighted by molar-refractivity contribution is 4.78. The first-order valence-electron chi connectivity index (χ1n) is 6.76. The summed E-state index contributed by atoms with van der Waals surface area (Å²) in [6.07, 6.45) is 2.49. The van der Waals surface area contributed by atoms with Crippen LogP contribution in [0.1, 0.15) is 33.6 Å². The molecular weight excluding hydrogens is 200 g/mol. The van der Waals surface area contributed by atoms with Crippen molar-refractivity contribution in [3.05, 3.63) is 0 Å². The molecule has 1 rings (SSSR count). The Balaban J connectivity index is 1.96. The Morgan fingerprint density at radius 3 is 2.94 bits per heavy atom. The van der Waals surface area contributed by atoms with Crippen LogP contribution < -0.4 is 5.32 Å². The lowest BCUT2D eigenvalue weighted by atomic mass is 10.2. The molecule has 0 amide bonds.